The topological polar surface area (TPSA) is 6.25 Å². The molecular formula is C45H52ClN2+. The number of benzene rings is 4. The van der Waals surface area contributed by atoms with Crippen LogP contribution in [-0.4, -0.2) is 28.8 Å². The van der Waals surface area contributed by atoms with Crippen LogP contribution in [0.2, 0.25) is 0 Å². The fraction of sp³-hybridized carbons (Fsp3) is 0.400. The average Bonchev–Trinajstić information content (AvgIpc) is 3.63. The molecule has 248 valence electrons. The number of hydrogen-bond acceptors (Lipinski definition) is 1. The van der Waals surface area contributed by atoms with Crippen LogP contribution < -0.4 is 4.90 Å². The first-order chi connectivity index (χ1) is 23.2. The predicted molar refractivity (Wildman–Crippen MR) is 209 cm³/mol. The number of hydrogen-bond donors (Lipinski definition) is 0. The van der Waals surface area contributed by atoms with Crippen molar-refractivity contribution in [2.45, 2.75) is 96.3 Å². The third-order valence-electron chi connectivity index (χ3n) is 11.4. The summed E-state index contributed by atoms with van der Waals surface area (Å²) in [5.41, 5.74) is 9.61. The molecule has 3 aliphatic rings. The molecule has 0 aromatic heterocycles. The Balaban J connectivity index is 1.19. The molecule has 2 aliphatic heterocycles. The fourth-order valence-corrected chi connectivity index (χ4v) is 9.24. The van der Waals surface area contributed by atoms with Crippen molar-refractivity contribution in [3.63, 3.8) is 0 Å². The van der Waals surface area contributed by atoms with Crippen LogP contribution in [0.15, 0.2) is 108 Å². The third-order valence-corrected chi connectivity index (χ3v) is 12.0. The van der Waals surface area contributed by atoms with Crippen LogP contribution in [-0.2, 0) is 10.8 Å². The number of anilines is 1. The van der Waals surface area contributed by atoms with Crippen molar-refractivity contribution in [3.05, 3.63) is 119 Å². The maximum Gasteiger partial charge on any atom is 0.210 e. The molecule has 0 N–H and O–H groups in total. The van der Waals surface area contributed by atoms with E-state index in [2.05, 4.69) is 148 Å². The van der Waals surface area contributed by atoms with Gasteiger partial charge in [0.1, 0.15) is 6.54 Å². The molecule has 0 radical (unpaired) electrons. The molecule has 2 heterocycles. The fourth-order valence-electron chi connectivity index (χ4n) is 8.85. The van der Waals surface area contributed by atoms with Gasteiger partial charge in [-0.15, -0.1) is 11.6 Å². The lowest BCUT2D eigenvalue weighted by atomic mass is 9.79. The van der Waals surface area contributed by atoms with Gasteiger partial charge in [0.05, 0.1) is 10.8 Å². The van der Waals surface area contributed by atoms with Gasteiger partial charge in [0, 0.05) is 47.5 Å². The van der Waals surface area contributed by atoms with E-state index in [1.165, 1.54) is 86.7 Å². The first-order valence-corrected chi connectivity index (χ1v) is 18.8. The Hall–Kier alpha value is -3.62. The zero-order chi connectivity index (χ0) is 33.6. The van der Waals surface area contributed by atoms with E-state index in [-0.39, 0.29) is 16.2 Å². The van der Waals surface area contributed by atoms with Crippen LogP contribution in [0.3, 0.4) is 0 Å². The molecule has 0 spiro atoms. The van der Waals surface area contributed by atoms with Crippen molar-refractivity contribution in [2.75, 3.05) is 18.0 Å². The summed E-state index contributed by atoms with van der Waals surface area (Å²) in [6.45, 7) is 16.3. The van der Waals surface area contributed by atoms with Gasteiger partial charge in [0.25, 0.3) is 0 Å². The quantitative estimate of drug-likeness (QED) is 0.128. The molecule has 0 bridgehead atoms. The summed E-state index contributed by atoms with van der Waals surface area (Å²) in [5.74, 6) is 0.321. The van der Waals surface area contributed by atoms with Crippen molar-refractivity contribution >= 4 is 50.2 Å². The minimum Gasteiger partial charge on any atom is -0.344 e. The standard InChI is InChI=1S/C45H52ClN2/c1-7-9-29-47-37-25-21-31-15-11-13-17-35(31)41(37)44(3,4)39(47)27-23-33-19-20-34(43(33)46)24-28-40-45(5,6)42-36-18-14-12-16-32(36)22-26-38(42)48(40)30-10-8-2/h11-18,21-28,33,43H,7-10,19-20,29-30H2,1-6H3/q+1. The smallest absolute Gasteiger partial charge is 0.210 e. The second-order valence-electron chi connectivity index (χ2n) is 15.3. The highest BCUT2D eigenvalue weighted by Crippen LogP contribution is 2.51. The lowest BCUT2D eigenvalue weighted by molar-refractivity contribution is -0.438. The molecule has 3 heteroatoms. The Morgan fingerprint density at radius 2 is 1.46 bits per heavy atom. The van der Waals surface area contributed by atoms with Crippen LogP contribution >= 0.6 is 11.6 Å². The molecule has 1 fully saturated rings. The largest absolute Gasteiger partial charge is 0.344 e. The van der Waals surface area contributed by atoms with Gasteiger partial charge in [-0.05, 0) is 84.3 Å². The number of fused-ring (bicyclic) bond motifs is 6. The van der Waals surface area contributed by atoms with E-state index in [0.29, 0.717) is 5.92 Å². The lowest BCUT2D eigenvalue weighted by Gasteiger charge is -2.27. The van der Waals surface area contributed by atoms with Crippen LogP contribution in [0.25, 0.3) is 21.5 Å². The minimum atomic E-state index is -0.0907. The summed E-state index contributed by atoms with van der Waals surface area (Å²) in [6, 6.07) is 27.0. The molecule has 1 aliphatic carbocycles. The summed E-state index contributed by atoms with van der Waals surface area (Å²) in [6.07, 6.45) is 16.5. The van der Waals surface area contributed by atoms with Gasteiger partial charge in [-0.25, -0.2) is 0 Å². The van der Waals surface area contributed by atoms with E-state index >= 15 is 0 Å². The van der Waals surface area contributed by atoms with Crippen LogP contribution in [0.4, 0.5) is 11.4 Å². The highest BCUT2D eigenvalue weighted by atomic mass is 35.5. The first kappa shape index (κ1) is 32.9. The summed E-state index contributed by atoms with van der Waals surface area (Å²) < 4.78 is 2.59. The number of allylic oxidation sites excluding steroid dienone is 6. The molecule has 0 amide bonds. The van der Waals surface area contributed by atoms with Crippen LogP contribution in [0.1, 0.15) is 91.2 Å². The number of nitrogens with zero attached hydrogens (tertiary/aromatic N) is 2. The minimum absolute atomic E-state index is 0.00678. The Morgan fingerprint density at radius 1 is 0.792 bits per heavy atom. The van der Waals surface area contributed by atoms with Crippen LogP contribution in [0.5, 0.6) is 0 Å². The molecule has 2 atom stereocenters. The highest BCUT2D eigenvalue weighted by molar-refractivity contribution is 6.23. The van der Waals surface area contributed by atoms with E-state index in [9.17, 15) is 0 Å². The van der Waals surface area contributed by atoms with Gasteiger partial charge >= 0.3 is 0 Å². The Bertz CT molecular complexity index is 1990. The summed E-state index contributed by atoms with van der Waals surface area (Å²) in [4.78, 5) is 2.59. The number of unbranched alkanes of at least 4 members (excludes halogenated alkanes) is 2. The van der Waals surface area contributed by atoms with E-state index in [4.69, 9.17) is 11.6 Å². The van der Waals surface area contributed by atoms with Gasteiger partial charge in [0.2, 0.25) is 5.69 Å². The molecule has 2 unspecified atom stereocenters. The maximum atomic E-state index is 7.35. The maximum absolute atomic E-state index is 7.35. The molecule has 2 nitrogen and oxygen atoms in total. The van der Waals surface area contributed by atoms with Gasteiger partial charge < -0.3 is 4.90 Å². The molecule has 7 rings (SSSR count). The van der Waals surface area contributed by atoms with Gasteiger partial charge in [-0.3, -0.25) is 0 Å². The SMILES string of the molecule is CCCCN1C(=CC=C2CCC(C=CC3=[N+](CCCC)c4ccc5ccccc5c4C3(C)C)C2Cl)C(C)(C)c2c1ccc1ccccc21. The predicted octanol–water partition coefficient (Wildman–Crippen LogP) is 12.2. The van der Waals surface area contributed by atoms with E-state index in [0.717, 1.165) is 25.9 Å². The summed E-state index contributed by atoms with van der Waals surface area (Å²) >= 11 is 7.35. The summed E-state index contributed by atoms with van der Waals surface area (Å²) in [5, 5.41) is 5.39. The third kappa shape index (κ3) is 5.45. The zero-order valence-electron chi connectivity index (χ0n) is 29.8. The second kappa shape index (κ2) is 13.0. The Labute approximate surface area is 293 Å². The van der Waals surface area contributed by atoms with E-state index in [1.54, 1.807) is 0 Å². The highest BCUT2D eigenvalue weighted by Gasteiger charge is 2.46. The summed E-state index contributed by atoms with van der Waals surface area (Å²) in [7, 11) is 0. The molecule has 4 aromatic rings. The molecule has 0 saturated heterocycles. The molecule has 48 heavy (non-hydrogen) atoms. The number of halogens is 1. The van der Waals surface area contributed by atoms with Crippen molar-refractivity contribution in [1.29, 1.82) is 0 Å². The van der Waals surface area contributed by atoms with Crippen molar-refractivity contribution in [3.8, 4) is 0 Å². The van der Waals surface area contributed by atoms with Crippen LogP contribution in [0, 0.1) is 5.92 Å². The Kier molecular flexibility index (Phi) is 8.92. The number of rotatable bonds is 9. The Morgan fingerprint density at radius 3 is 2.17 bits per heavy atom. The van der Waals surface area contributed by atoms with Crippen molar-refractivity contribution in [2.24, 2.45) is 5.92 Å². The monoisotopic (exact) mass is 655 g/mol. The zero-order valence-corrected chi connectivity index (χ0v) is 30.6. The van der Waals surface area contributed by atoms with Gasteiger partial charge in [0.15, 0.2) is 5.71 Å². The molecule has 1 saturated carbocycles. The van der Waals surface area contributed by atoms with Gasteiger partial charge in [-0.2, -0.15) is 4.58 Å². The lowest BCUT2D eigenvalue weighted by Crippen LogP contribution is -2.28. The van der Waals surface area contributed by atoms with Crippen molar-refractivity contribution < 1.29 is 4.58 Å². The molecular weight excluding hydrogens is 604 g/mol. The number of alkyl halides is 1. The van der Waals surface area contributed by atoms with E-state index < -0.39 is 0 Å². The second-order valence-corrected chi connectivity index (χ2v) is 15.7. The molecule has 4 aromatic carbocycles. The van der Waals surface area contributed by atoms with Crippen molar-refractivity contribution in [1.82, 2.24) is 0 Å². The van der Waals surface area contributed by atoms with Gasteiger partial charge in [-0.1, -0.05) is 113 Å². The average molecular weight is 656 g/mol. The normalized spacial score (nSPS) is 23.0. The van der Waals surface area contributed by atoms with E-state index in [1.807, 2.05) is 0 Å². The first-order valence-electron chi connectivity index (χ1n) is 18.4.